The Morgan fingerprint density at radius 3 is 2.27 bits per heavy atom. The minimum absolute atomic E-state index is 0.0779. The second kappa shape index (κ2) is 6.43. The number of hydrogen-bond donors (Lipinski definition) is 1. The van der Waals surface area contributed by atoms with Crippen LogP contribution < -0.4 is 0 Å². The summed E-state index contributed by atoms with van der Waals surface area (Å²) in [5.74, 6) is -0.0779. The van der Waals surface area contributed by atoms with Crippen molar-refractivity contribution in [2.24, 2.45) is 0 Å². The van der Waals surface area contributed by atoms with Gasteiger partial charge in [0.15, 0.2) is 0 Å². The summed E-state index contributed by atoms with van der Waals surface area (Å²) in [5, 5.41) is 9.85. The lowest BCUT2D eigenvalue weighted by Crippen LogP contribution is -2.55. The third-order valence-corrected chi connectivity index (χ3v) is 5.50. The number of carbonyl (C=O) groups is 1. The Morgan fingerprint density at radius 1 is 1.18 bits per heavy atom. The number of aliphatic hydroxyl groups is 1. The van der Waals surface area contributed by atoms with Crippen molar-refractivity contribution in [1.29, 1.82) is 0 Å². The Morgan fingerprint density at radius 2 is 1.77 bits per heavy atom. The Kier molecular flexibility index (Phi) is 5.16. The van der Waals surface area contributed by atoms with Gasteiger partial charge in [0, 0.05) is 39.3 Å². The molecule has 1 atom stereocenters. The highest BCUT2D eigenvalue weighted by Gasteiger charge is 2.39. The molecule has 2 aliphatic rings. The van der Waals surface area contributed by atoms with Crippen LogP contribution in [0.4, 0.5) is 0 Å². The van der Waals surface area contributed by atoms with Gasteiger partial charge in [-0.1, -0.05) is 0 Å². The normalized spacial score (nSPS) is 25.6. The molecule has 1 unspecified atom stereocenters. The van der Waals surface area contributed by atoms with E-state index in [-0.39, 0.29) is 5.91 Å². The van der Waals surface area contributed by atoms with E-state index in [1.807, 2.05) is 0 Å². The lowest BCUT2D eigenvalue weighted by atomic mass is 10.1. The molecule has 2 heterocycles. The van der Waals surface area contributed by atoms with E-state index in [2.05, 4.69) is 4.90 Å². The number of β-amino-alcohol motifs (C(OH)–C–C–N with tert-alkyl or cyclic N) is 1. The van der Waals surface area contributed by atoms with Gasteiger partial charge in [-0.05, 0) is 26.7 Å². The van der Waals surface area contributed by atoms with Gasteiger partial charge in [0.2, 0.25) is 15.9 Å². The predicted molar refractivity (Wildman–Crippen MR) is 83.9 cm³/mol. The molecule has 0 bridgehead atoms. The summed E-state index contributed by atoms with van der Waals surface area (Å²) in [6.07, 6.45) is 2.51. The van der Waals surface area contributed by atoms with Crippen LogP contribution >= 0.6 is 0 Å². The molecule has 8 heteroatoms. The van der Waals surface area contributed by atoms with Gasteiger partial charge in [-0.15, -0.1) is 0 Å². The quantitative estimate of drug-likeness (QED) is 0.738. The van der Waals surface area contributed by atoms with Crippen molar-refractivity contribution in [2.75, 3.05) is 45.5 Å². The first-order valence-corrected chi connectivity index (χ1v) is 9.63. The molecular formula is C14H27N3O4S. The standard InChI is InChI=1S/C14H27N3O4S/c1-14(2,19)11-15-7-9-16(10-8-15)13(18)12-5-4-6-17(12)22(3,20)21/h12,19H,4-11H2,1-3H3. The third kappa shape index (κ3) is 4.41. The molecule has 0 aromatic heterocycles. The van der Waals surface area contributed by atoms with Crippen molar-refractivity contribution in [2.45, 2.75) is 38.3 Å². The third-order valence-electron chi connectivity index (χ3n) is 4.21. The number of sulfonamides is 1. The summed E-state index contributed by atoms with van der Waals surface area (Å²) in [6, 6.07) is -0.532. The fourth-order valence-corrected chi connectivity index (χ4v) is 4.39. The van der Waals surface area contributed by atoms with E-state index < -0.39 is 21.7 Å². The number of carbonyl (C=O) groups excluding carboxylic acids is 1. The fraction of sp³-hybridized carbons (Fsp3) is 0.929. The van der Waals surface area contributed by atoms with Crippen LogP contribution in [-0.4, -0.2) is 90.7 Å². The molecule has 0 radical (unpaired) electrons. The Labute approximate surface area is 132 Å². The molecule has 128 valence electrons. The van der Waals surface area contributed by atoms with Gasteiger partial charge in [-0.25, -0.2) is 8.42 Å². The molecule has 1 N–H and O–H groups in total. The van der Waals surface area contributed by atoms with E-state index >= 15 is 0 Å². The van der Waals surface area contributed by atoms with Gasteiger partial charge in [0.25, 0.3) is 0 Å². The van der Waals surface area contributed by atoms with Crippen molar-refractivity contribution in [1.82, 2.24) is 14.1 Å². The number of piperazine rings is 1. The van der Waals surface area contributed by atoms with Crippen LogP contribution in [0.25, 0.3) is 0 Å². The van der Waals surface area contributed by atoms with E-state index in [0.717, 1.165) is 6.42 Å². The maximum Gasteiger partial charge on any atom is 0.241 e. The monoisotopic (exact) mass is 333 g/mol. The summed E-state index contributed by atoms with van der Waals surface area (Å²) >= 11 is 0. The maximum absolute atomic E-state index is 12.6. The van der Waals surface area contributed by atoms with Crippen LogP contribution in [0.15, 0.2) is 0 Å². The largest absolute Gasteiger partial charge is 0.389 e. The second-order valence-corrected chi connectivity index (χ2v) is 8.88. The average Bonchev–Trinajstić information content (AvgIpc) is 2.86. The highest BCUT2D eigenvalue weighted by Crippen LogP contribution is 2.23. The molecule has 22 heavy (non-hydrogen) atoms. The van der Waals surface area contributed by atoms with E-state index in [1.165, 1.54) is 10.6 Å². The summed E-state index contributed by atoms with van der Waals surface area (Å²) in [4.78, 5) is 16.5. The molecule has 2 rings (SSSR count). The molecule has 0 aromatic carbocycles. The molecule has 0 spiro atoms. The van der Waals surface area contributed by atoms with Gasteiger partial charge >= 0.3 is 0 Å². The number of rotatable bonds is 4. The Bertz CT molecular complexity index is 507. The molecule has 2 aliphatic heterocycles. The summed E-state index contributed by atoms with van der Waals surface area (Å²) < 4.78 is 24.9. The van der Waals surface area contributed by atoms with Gasteiger partial charge in [0.05, 0.1) is 11.9 Å². The summed E-state index contributed by atoms with van der Waals surface area (Å²) in [6.45, 7) is 7.15. The predicted octanol–water partition coefficient (Wildman–Crippen LogP) is -0.674. The van der Waals surface area contributed by atoms with Crippen LogP contribution in [0.2, 0.25) is 0 Å². The average molecular weight is 333 g/mol. The van der Waals surface area contributed by atoms with Crippen LogP contribution in [0, 0.1) is 0 Å². The van der Waals surface area contributed by atoms with E-state index in [0.29, 0.717) is 45.7 Å². The van der Waals surface area contributed by atoms with E-state index in [1.54, 1.807) is 18.7 Å². The van der Waals surface area contributed by atoms with Crippen LogP contribution in [0.1, 0.15) is 26.7 Å². The second-order valence-electron chi connectivity index (χ2n) is 6.95. The lowest BCUT2D eigenvalue weighted by molar-refractivity contribution is -0.136. The van der Waals surface area contributed by atoms with Crippen molar-refractivity contribution in [3.63, 3.8) is 0 Å². The smallest absolute Gasteiger partial charge is 0.241 e. The zero-order valence-electron chi connectivity index (χ0n) is 13.7. The first kappa shape index (κ1) is 17.7. The van der Waals surface area contributed by atoms with Gasteiger partial charge < -0.3 is 10.0 Å². The van der Waals surface area contributed by atoms with E-state index in [4.69, 9.17) is 0 Å². The highest BCUT2D eigenvalue weighted by atomic mass is 32.2. The Balaban J connectivity index is 1.92. The SMILES string of the molecule is CC(C)(O)CN1CCN(C(=O)C2CCCN2S(C)(=O)=O)CC1. The molecule has 1 amide bonds. The van der Waals surface area contributed by atoms with Crippen LogP contribution in [0.3, 0.4) is 0 Å². The molecule has 2 saturated heterocycles. The molecule has 2 fully saturated rings. The zero-order chi connectivity index (χ0) is 16.5. The number of nitrogens with zero attached hydrogens (tertiary/aromatic N) is 3. The number of amides is 1. The van der Waals surface area contributed by atoms with Gasteiger partial charge in [-0.3, -0.25) is 9.69 Å². The Hall–Kier alpha value is -0.700. The number of hydrogen-bond acceptors (Lipinski definition) is 5. The minimum Gasteiger partial charge on any atom is -0.389 e. The highest BCUT2D eigenvalue weighted by molar-refractivity contribution is 7.88. The van der Waals surface area contributed by atoms with Crippen molar-refractivity contribution >= 4 is 15.9 Å². The molecule has 0 saturated carbocycles. The van der Waals surface area contributed by atoms with Crippen molar-refractivity contribution in [3.05, 3.63) is 0 Å². The van der Waals surface area contributed by atoms with Crippen molar-refractivity contribution < 1.29 is 18.3 Å². The molecular weight excluding hydrogens is 306 g/mol. The minimum atomic E-state index is -3.33. The van der Waals surface area contributed by atoms with Crippen LogP contribution in [0.5, 0.6) is 0 Å². The molecule has 0 aromatic rings. The van der Waals surface area contributed by atoms with Gasteiger partial charge in [0.1, 0.15) is 6.04 Å². The topological polar surface area (TPSA) is 81.2 Å². The molecule has 7 nitrogen and oxygen atoms in total. The maximum atomic E-state index is 12.6. The first-order chi connectivity index (χ1) is 10.1. The zero-order valence-corrected chi connectivity index (χ0v) is 14.5. The van der Waals surface area contributed by atoms with Crippen LogP contribution in [-0.2, 0) is 14.8 Å². The first-order valence-electron chi connectivity index (χ1n) is 7.78. The summed E-state index contributed by atoms with van der Waals surface area (Å²) in [5.41, 5.74) is -0.745. The fourth-order valence-electron chi connectivity index (χ4n) is 3.27. The lowest BCUT2D eigenvalue weighted by Gasteiger charge is -2.38. The van der Waals surface area contributed by atoms with Gasteiger partial charge in [-0.2, -0.15) is 4.31 Å². The van der Waals surface area contributed by atoms with E-state index in [9.17, 15) is 18.3 Å². The van der Waals surface area contributed by atoms with Crippen molar-refractivity contribution in [3.8, 4) is 0 Å². The molecule has 0 aliphatic carbocycles. The summed E-state index contributed by atoms with van der Waals surface area (Å²) in [7, 11) is -3.33.